The zero-order valence-electron chi connectivity index (χ0n) is 15.2. The van der Waals surface area contributed by atoms with Crippen molar-refractivity contribution in [3.05, 3.63) is 65.9 Å². The first kappa shape index (κ1) is 18.8. The van der Waals surface area contributed by atoms with E-state index in [-0.39, 0.29) is 12.4 Å². The molecule has 3 aromatic rings. The number of nitrogens with zero attached hydrogens (tertiary/aromatic N) is 1. The summed E-state index contributed by atoms with van der Waals surface area (Å²) in [4.78, 5) is 2.57. The van der Waals surface area contributed by atoms with Crippen LogP contribution in [0.1, 0.15) is 30.1 Å². The molecule has 1 unspecified atom stereocenters. The molecule has 0 amide bonds. The van der Waals surface area contributed by atoms with E-state index in [4.69, 9.17) is 9.15 Å². The minimum absolute atomic E-state index is 0. The average Bonchev–Trinajstić information content (AvgIpc) is 3.10. The monoisotopic (exact) mass is 371 g/mol. The minimum atomic E-state index is 0. The molecular formula is C22H26ClNO2. The summed E-state index contributed by atoms with van der Waals surface area (Å²) in [6, 6.07) is 19.0. The van der Waals surface area contributed by atoms with Crippen LogP contribution in [-0.2, 0) is 6.42 Å². The highest BCUT2D eigenvalue weighted by molar-refractivity contribution is 5.85. The SMILES string of the molecule is COc1cccc(C2CCCN(CCc3cc4ccccc4o3)C2)c1.Cl. The number of benzene rings is 2. The molecule has 26 heavy (non-hydrogen) atoms. The molecule has 4 heteroatoms. The number of halogens is 1. The highest BCUT2D eigenvalue weighted by Crippen LogP contribution is 2.29. The molecule has 0 spiro atoms. The summed E-state index contributed by atoms with van der Waals surface area (Å²) >= 11 is 0. The van der Waals surface area contributed by atoms with Crippen LogP contribution in [0.4, 0.5) is 0 Å². The normalized spacial score (nSPS) is 17.8. The van der Waals surface area contributed by atoms with Crippen molar-refractivity contribution in [2.24, 2.45) is 0 Å². The zero-order valence-corrected chi connectivity index (χ0v) is 16.0. The van der Waals surface area contributed by atoms with E-state index in [9.17, 15) is 0 Å². The third kappa shape index (κ3) is 4.22. The van der Waals surface area contributed by atoms with Crippen molar-refractivity contribution in [1.82, 2.24) is 4.90 Å². The Morgan fingerprint density at radius 1 is 1.12 bits per heavy atom. The van der Waals surface area contributed by atoms with Gasteiger partial charge >= 0.3 is 0 Å². The molecule has 3 nitrogen and oxygen atoms in total. The van der Waals surface area contributed by atoms with Crippen molar-refractivity contribution in [2.75, 3.05) is 26.7 Å². The van der Waals surface area contributed by atoms with Crippen molar-refractivity contribution in [3.8, 4) is 5.75 Å². The average molecular weight is 372 g/mol. The molecule has 138 valence electrons. The molecule has 1 aliphatic rings. The van der Waals surface area contributed by atoms with E-state index in [1.165, 1.54) is 30.3 Å². The van der Waals surface area contributed by atoms with Gasteiger partial charge in [0.2, 0.25) is 0 Å². The highest BCUT2D eigenvalue weighted by atomic mass is 35.5. The minimum Gasteiger partial charge on any atom is -0.497 e. The van der Waals surface area contributed by atoms with Crippen LogP contribution in [0.2, 0.25) is 0 Å². The molecule has 2 heterocycles. The summed E-state index contributed by atoms with van der Waals surface area (Å²) in [7, 11) is 1.74. The van der Waals surface area contributed by atoms with Gasteiger partial charge in [-0.05, 0) is 55.1 Å². The highest BCUT2D eigenvalue weighted by Gasteiger charge is 2.21. The Labute approximate surface area is 161 Å². The Bertz CT molecular complexity index is 812. The molecule has 0 saturated carbocycles. The van der Waals surface area contributed by atoms with Crippen LogP contribution in [0.5, 0.6) is 5.75 Å². The topological polar surface area (TPSA) is 25.6 Å². The molecule has 1 aliphatic heterocycles. The lowest BCUT2D eigenvalue weighted by atomic mass is 9.90. The second kappa shape index (κ2) is 8.61. The predicted octanol–water partition coefficient (Wildman–Crippen LogP) is 5.29. The standard InChI is InChI=1S/C22H25NO2.ClH/c1-24-20-9-4-7-17(14-20)19-8-5-12-23(16-19)13-11-21-15-18-6-2-3-10-22(18)25-21;/h2-4,6-7,9-10,14-15,19H,5,8,11-13,16H2,1H3;1H. The smallest absolute Gasteiger partial charge is 0.134 e. The summed E-state index contributed by atoms with van der Waals surface area (Å²) in [6.45, 7) is 3.36. The third-order valence-electron chi connectivity index (χ3n) is 5.22. The Hall–Kier alpha value is -1.97. The summed E-state index contributed by atoms with van der Waals surface area (Å²) in [6.07, 6.45) is 3.48. The number of likely N-dealkylation sites (tertiary alicyclic amines) is 1. The largest absolute Gasteiger partial charge is 0.497 e. The lowest BCUT2D eigenvalue weighted by molar-refractivity contribution is 0.207. The molecule has 2 aromatic carbocycles. The van der Waals surface area contributed by atoms with E-state index in [0.717, 1.165) is 36.6 Å². The van der Waals surface area contributed by atoms with Gasteiger partial charge in [0.1, 0.15) is 17.1 Å². The fourth-order valence-corrected chi connectivity index (χ4v) is 3.85. The van der Waals surface area contributed by atoms with Gasteiger partial charge in [-0.15, -0.1) is 12.4 Å². The van der Waals surface area contributed by atoms with Crippen LogP contribution >= 0.6 is 12.4 Å². The van der Waals surface area contributed by atoms with Crippen LogP contribution in [0.3, 0.4) is 0 Å². The van der Waals surface area contributed by atoms with E-state index >= 15 is 0 Å². The molecule has 0 bridgehead atoms. The number of piperidine rings is 1. The first-order chi connectivity index (χ1) is 12.3. The van der Waals surface area contributed by atoms with E-state index in [0.29, 0.717) is 5.92 Å². The number of hydrogen-bond acceptors (Lipinski definition) is 3. The summed E-state index contributed by atoms with van der Waals surface area (Å²) in [5, 5.41) is 1.20. The molecule has 1 aromatic heterocycles. The van der Waals surface area contributed by atoms with Crippen molar-refractivity contribution >= 4 is 23.4 Å². The van der Waals surface area contributed by atoms with E-state index in [2.05, 4.69) is 41.3 Å². The van der Waals surface area contributed by atoms with Crippen molar-refractivity contribution in [3.63, 3.8) is 0 Å². The number of fused-ring (bicyclic) bond motifs is 1. The maximum absolute atomic E-state index is 5.96. The lowest BCUT2D eigenvalue weighted by Crippen LogP contribution is -2.35. The van der Waals surface area contributed by atoms with Crippen LogP contribution < -0.4 is 4.74 Å². The Balaban J connectivity index is 0.00000196. The fraction of sp³-hybridized carbons (Fsp3) is 0.364. The van der Waals surface area contributed by atoms with Gasteiger partial charge in [0.05, 0.1) is 7.11 Å². The Kier molecular flexibility index (Phi) is 6.23. The van der Waals surface area contributed by atoms with Gasteiger partial charge in [-0.25, -0.2) is 0 Å². The van der Waals surface area contributed by atoms with Crippen LogP contribution in [-0.4, -0.2) is 31.6 Å². The van der Waals surface area contributed by atoms with E-state index in [1.54, 1.807) is 7.11 Å². The first-order valence-electron chi connectivity index (χ1n) is 9.15. The maximum atomic E-state index is 5.96. The Morgan fingerprint density at radius 2 is 2.00 bits per heavy atom. The number of furan rings is 1. The summed E-state index contributed by atoms with van der Waals surface area (Å²) in [5.41, 5.74) is 2.39. The quantitative estimate of drug-likeness (QED) is 0.609. The molecular weight excluding hydrogens is 346 g/mol. The number of methoxy groups -OCH3 is 1. The summed E-state index contributed by atoms with van der Waals surface area (Å²) in [5.74, 6) is 2.64. The number of hydrogen-bond donors (Lipinski definition) is 0. The molecule has 4 rings (SSSR count). The van der Waals surface area contributed by atoms with Gasteiger partial charge in [-0.2, -0.15) is 0 Å². The van der Waals surface area contributed by atoms with Gasteiger partial charge in [0, 0.05) is 24.9 Å². The van der Waals surface area contributed by atoms with E-state index in [1.807, 2.05) is 18.2 Å². The van der Waals surface area contributed by atoms with Gasteiger partial charge in [0.15, 0.2) is 0 Å². The van der Waals surface area contributed by atoms with Crippen molar-refractivity contribution in [1.29, 1.82) is 0 Å². The Morgan fingerprint density at radius 3 is 2.85 bits per heavy atom. The number of rotatable bonds is 5. The zero-order chi connectivity index (χ0) is 17.1. The number of para-hydroxylation sites is 1. The van der Waals surface area contributed by atoms with Crippen LogP contribution in [0, 0.1) is 0 Å². The van der Waals surface area contributed by atoms with Crippen molar-refractivity contribution in [2.45, 2.75) is 25.2 Å². The molecule has 1 atom stereocenters. The predicted molar refractivity (Wildman–Crippen MR) is 109 cm³/mol. The fourth-order valence-electron chi connectivity index (χ4n) is 3.85. The van der Waals surface area contributed by atoms with Gasteiger partial charge in [0.25, 0.3) is 0 Å². The van der Waals surface area contributed by atoms with Gasteiger partial charge < -0.3 is 14.1 Å². The second-order valence-corrected chi connectivity index (χ2v) is 6.92. The van der Waals surface area contributed by atoms with Crippen LogP contribution in [0.25, 0.3) is 11.0 Å². The summed E-state index contributed by atoms with van der Waals surface area (Å²) < 4.78 is 11.3. The van der Waals surface area contributed by atoms with Crippen molar-refractivity contribution < 1.29 is 9.15 Å². The van der Waals surface area contributed by atoms with Crippen LogP contribution in [0.15, 0.2) is 59.0 Å². The van der Waals surface area contributed by atoms with Gasteiger partial charge in [-0.1, -0.05) is 30.3 Å². The molecule has 1 fully saturated rings. The second-order valence-electron chi connectivity index (χ2n) is 6.92. The lowest BCUT2D eigenvalue weighted by Gasteiger charge is -2.33. The third-order valence-corrected chi connectivity index (χ3v) is 5.22. The van der Waals surface area contributed by atoms with Gasteiger partial charge in [-0.3, -0.25) is 0 Å². The molecule has 0 aliphatic carbocycles. The molecule has 1 saturated heterocycles. The first-order valence-corrected chi connectivity index (χ1v) is 9.15. The van der Waals surface area contributed by atoms with E-state index < -0.39 is 0 Å². The number of ether oxygens (including phenoxy) is 1. The maximum Gasteiger partial charge on any atom is 0.134 e. The molecule has 0 radical (unpaired) electrons. The molecule has 0 N–H and O–H groups in total.